The smallest absolute Gasteiger partial charge is 0.253 e. The third-order valence-electron chi connectivity index (χ3n) is 2.93. The predicted molar refractivity (Wildman–Crippen MR) is 63.7 cm³/mol. The number of hydrogen-bond donors (Lipinski definition) is 4. The van der Waals surface area contributed by atoms with Crippen LogP contribution in [0.15, 0.2) is 11.8 Å². The molecule has 6 nitrogen and oxygen atoms in total. The van der Waals surface area contributed by atoms with Crippen molar-refractivity contribution in [3.05, 3.63) is 11.8 Å². The molecule has 0 aromatic rings. The molecule has 17 heavy (non-hydrogen) atoms. The van der Waals surface area contributed by atoms with Gasteiger partial charge in [0.25, 0.3) is 5.91 Å². The molecule has 2 atom stereocenters. The molecule has 6 heteroatoms. The Morgan fingerprint density at radius 3 is 2.59 bits per heavy atom. The van der Waals surface area contributed by atoms with Gasteiger partial charge in [0.15, 0.2) is 0 Å². The SMILES string of the molecule is N#CC1CCCCC1N/C=C(\C(=N)N)C(N)=O. The van der Waals surface area contributed by atoms with Gasteiger partial charge < -0.3 is 16.8 Å². The molecule has 0 bridgehead atoms. The zero-order chi connectivity index (χ0) is 12.8. The maximum atomic E-state index is 11.0. The summed E-state index contributed by atoms with van der Waals surface area (Å²) >= 11 is 0. The van der Waals surface area contributed by atoms with Gasteiger partial charge in [-0.05, 0) is 12.8 Å². The number of amidine groups is 1. The van der Waals surface area contributed by atoms with E-state index < -0.39 is 5.91 Å². The number of hydrogen-bond acceptors (Lipinski definition) is 4. The zero-order valence-electron chi connectivity index (χ0n) is 9.57. The van der Waals surface area contributed by atoms with Gasteiger partial charge in [0, 0.05) is 12.2 Å². The highest BCUT2D eigenvalue weighted by atomic mass is 16.1. The minimum absolute atomic E-state index is 0.00227. The van der Waals surface area contributed by atoms with Gasteiger partial charge >= 0.3 is 0 Å². The van der Waals surface area contributed by atoms with Crippen LogP contribution in [0.4, 0.5) is 0 Å². The van der Waals surface area contributed by atoms with E-state index in [2.05, 4.69) is 11.4 Å². The molecule has 0 saturated heterocycles. The van der Waals surface area contributed by atoms with E-state index in [4.69, 9.17) is 22.1 Å². The fourth-order valence-electron chi connectivity index (χ4n) is 1.96. The average Bonchev–Trinajstić information content (AvgIpc) is 2.29. The first-order valence-electron chi connectivity index (χ1n) is 5.56. The zero-order valence-corrected chi connectivity index (χ0v) is 9.57. The molecule has 1 aliphatic carbocycles. The quantitative estimate of drug-likeness (QED) is 0.309. The van der Waals surface area contributed by atoms with E-state index in [1.54, 1.807) is 0 Å². The molecular weight excluding hydrogens is 218 g/mol. The molecule has 1 aliphatic rings. The van der Waals surface area contributed by atoms with Gasteiger partial charge in [0.1, 0.15) is 5.84 Å². The fraction of sp³-hybridized carbons (Fsp3) is 0.545. The molecule has 0 aromatic carbocycles. The number of carbonyl (C=O) groups is 1. The molecule has 0 radical (unpaired) electrons. The summed E-state index contributed by atoms with van der Waals surface area (Å²) in [6.45, 7) is 0. The second-order valence-electron chi connectivity index (χ2n) is 4.13. The van der Waals surface area contributed by atoms with Gasteiger partial charge in [-0.15, -0.1) is 0 Å². The number of primary amides is 1. The summed E-state index contributed by atoms with van der Waals surface area (Å²) in [5, 5.41) is 19.2. The summed E-state index contributed by atoms with van der Waals surface area (Å²) in [5.74, 6) is -1.18. The number of nitrogens with zero attached hydrogens (tertiary/aromatic N) is 1. The number of carbonyl (C=O) groups excluding carboxylic acids is 1. The van der Waals surface area contributed by atoms with Crippen molar-refractivity contribution < 1.29 is 4.79 Å². The Bertz CT molecular complexity index is 366. The Kier molecular flexibility index (Phi) is 4.52. The first kappa shape index (κ1) is 13.0. The van der Waals surface area contributed by atoms with Crippen LogP contribution in [0.25, 0.3) is 0 Å². The van der Waals surface area contributed by atoms with Crippen LogP contribution < -0.4 is 16.8 Å². The highest BCUT2D eigenvalue weighted by molar-refractivity contribution is 6.18. The molecule has 0 aromatic heterocycles. The van der Waals surface area contributed by atoms with E-state index in [-0.39, 0.29) is 23.4 Å². The minimum atomic E-state index is -0.741. The highest BCUT2D eigenvalue weighted by Gasteiger charge is 2.24. The number of nitriles is 1. The molecule has 92 valence electrons. The first-order valence-corrected chi connectivity index (χ1v) is 5.56. The lowest BCUT2D eigenvalue weighted by Gasteiger charge is -2.27. The number of rotatable bonds is 4. The number of amides is 1. The maximum Gasteiger partial charge on any atom is 0.253 e. The molecule has 1 amide bonds. The van der Waals surface area contributed by atoms with Gasteiger partial charge in [0.2, 0.25) is 0 Å². The van der Waals surface area contributed by atoms with E-state index in [1.807, 2.05) is 0 Å². The average molecular weight is 235 g/mol. The van der Waals surface area contributed by atoms with Crippen molar-refractivity contribution in [2.45, 2.75) is 31.7 Å². The normalized spacial score (nSPS) is 24.8. The second-order valence-corrected chi connectivity index (χ2v) is 4.13. The Morgan fingerprint density at radius 2 is 2.06 bits per heavy atom. The summed E-state index contributed by atoms with van der Waals surface area (Å²) < 4.78 is 0. The van der Waals surface area contributed by atoms with Crippen LogP contribution in [-0.4, -0.2) is 17.8 Å². The lowest BCUT2D eigenvalue weighted by Crippen LogP contribution is -2.36. The van der Waals surface area contributed by atoms with Gasteiger partial charge in [-0.1, -0.05) is 12.8 Å². The van der Waals surface area contributed by atoms with E-state index in [0.717, 1.165) is 25.7 Å². The fourth-order valence-corrected chi connectivity index (χ4v) is 1.96. The van der Waals surface area contributed by atoms with Crippen molar-refractivity contribution in [2.75, 3.05) is 0 Å². The maximum absolute atomic E-state index is 11.0. The van der Waals surface area contributed by atoms with E-state index in [9.17, 15) is 4.79 Å². The number of nitrogens with one attached hydrogen (secondary N) is 2. The van der Waals surface area contributed by atoms with Crippen LogP contribution in [0, 0.1) is 22.7 Å². The lowest BCUT2D eigenvalue weighted by molar-refractivity contribution is -0.114. The van der Waals surface area contributed by atoms with Gasteiger partial charge in [-0.3, -0.25) is 10.2 Å². The van der Waals surface area contributed by atoms with Crippen molar-refractivity contribution in [3.63, 3.8) is 0 Å². The second kappa shape index (κ2) is 5.89. The molecule has 0 heterocycles. The molecule has 6 N–H and O–H groups in total. The van der Waals surface area contributed by atoms with E-state index in [1.165, 1.54) is 6.20 Å². The van der Waals surface area contributed by atoms with E-state index in [0.29, 0.717) is 0 Å². The third-order valence-corrected chi connectivity index (χ3v) is 2.93. The van der Waals surface area contributed by atoms with E-state index >= 15 is 0 Å². The summed E-state index contributed by atoms with van der Waals surface area (Å²) in [4.78, 5) is 11.0. The van der Waals surface area contributed by atoms with Crippen LogP contribution in [0.2, 0.25) is 0 Å². The molecule has 2 unspecified atom stereocenters. The summed E-state index contributed by atoms with van der Waals surface area (Å²) in [6, 6.07) is 2.25. The van der Waals surface area contributed by atoms with Crippen molar-refractivity contribution in [2.24, 2.45) is 17.4 Å². The van der Waals surface area contributed by atoms with Gasteiger partial charge in [-0.25, -0.2) is 0 Å². The standard InChI is InChI=1S/C11H17N5O/c12-5-7-3-1-2-4-9(7)16-6-8(10(13)14)11(15)17/h6-7,9,16H,1-4H2,(H3,13,14)(H2,15,17)/b8-6+. The third kappa shape index (κ3) is 3.48. The molecular formula is C11H17N5O. The van der Waals surface area contributed by atoms with Crippen molar-refractivity contribution in [3.8, 4) is 6.07 Å². The summed E-state index contributed by atoms with van der Waals surface area (Å²) in [5.41, 5.74) is 10.3. The summed E-state index contributed by atoms with van der Waals surface area (Å²) in [7, 11) is 0. The first-order chi connectivity index (χ1) is 8.06. The van der Waals surface area contributed by atoms with Crippen LogP contribution in [-0.2, 0) is 4.79 Å². The van der Waals surface area contributed by atoms with Crippen LogP contribution >= 0.6 is 0 Å². The Morgan fingerprint density at radius 1 is 1.41 bits per heavy atom. The lowest BCUT2D eigenvalue weighted by atomic mass is 9.85. The predicted octanol–water partition coefficient (Wildman–Crippen LogP) is -0.0364. The molecule has 1 fully saturated rings. The van der Waals surface area contributed by atoms with Crippen molar-refractivity contribution in [1.29, 1.82) is 10.7 Å². The van der Waals surface area contributed by atoms with Gasteiger partial charge in [0.05, 0.1) is 17.6 Å². The Balaban J connectivity index is 2.70. The van der Waals surface area contributed by atoms with Crippen molar-refractivity contribution >= 4 is 11.7 Å². The Labute approximate surface area is 100 Å². The Hall–Kier alpha value is -2.03. The minimum Gasteiger partial charge on any atom is -0.386 e. The van der Waals surface area contributed by atoms with Crippen LogP contribution in [0.1, 0.15) is 25.7 Å². The van der Waals surface area contributed by atoms with Crippen molar-refractivity contribution in [1.82, 2.24) is 5.32 Å². The molecule has 1 saturated carbocycles. The number of nitrogens with two attached hydrogens (primary N) is 2. The molecule has 0 aliphatic heterocycles. The van der Waals surface area contributed by atoms with Crippen LogP contribution in [0.5, 0.6) is 0 Å². The summed E-state index contributed by atoms with van der Waals surface area (Å²) in [6.07, 6.45) is 5.18. The molecule has 1 rings (SSSR count). The molecule has 0 spiro atoms. The monoisotopic (exact) mass is 235 g/mol. The largest absolute Gasteiger partial charge is 0.386 e. The van der Waals surface area contributed by atoms with Crippen LogP contribution in [0.3, 0.4) is 0 Å². The highest BCUT2D eigenvalue weighted by Crippen LogP contribution is 2.23. The van der Waals surface area contributed by atoms with Gasteiger partial charge in [-0.2, -0.15) is 5.26 Å². The topological polar surface area (TPSA) is 129 Å².